The van der Waals surface area contributed by atoms with Crippen LogP contribution in [0.5, 0.6) is 0 Å². The van der Waals surface area contributed by atoms with Gasteiger partial charge in [0.1, 0.15) is 0 Å². The van der Waals surface area contributed by atoms with E-state index >= 15 is 0 Å². The highest BCUT2D eigenvalue weighted by Gasteiger charge is 2.56. The van der Waals surface area contributed by atoms with Gasteiger partial charge in [-0.25, -0.2) is 8.78 Å². The van der Waals surface area contributed by atoms with Crippen molar-refractivity contribution in [2.45, 2.75) is 38.5 Å². The molecule has 0 bridgehead atoms. The summed E-state index contributed by atoms with van der Waals surface area (Å²) in [6.45, 7) is 4.44. The second-order valence-electron chi connectivity index (χ2n) is 6.55. The lowest BCUT2D eigenvalue weighted by atomic mass is 9.79. The number of hydrogen-bond acceptors (Lipinski definition) is 2. The van der Waals surface area contributed by atoms with Crippen molar-refractivity contribution in [1.82, 2.24) is 9.80 Å². The first-order valence-corrected chi connectivity index (χ1v) is 7.06. The maximum atomic E-state index is 12.8. The maximum absolute atomic E-state index is 12.8. The summed E-state index contributed by atoms with van der Waals surface area (Å²) in [6.07, 6.45) is 2.30. The SMILES string of the molecule is CN(C)C(=O)C1(C)CCN(CC[C@@H]2CC2(F)F)CC1. The van der Waals surface area contributed by atoms with Crippen molar-refractivity contribution in [2.75, 3.05) is 33.7 Å². The molecule has 3 nitrogen and oxygen atoms in total. The quantitative estimate of drug-likeness (QED) is 0.785. The number of amides is 1. The van der Waals surface area contributed by atoms with Gasteiger partial charge in [-0.1, -0.05) is 6.92 Å². The van der Waals surface area contributed by atoms with E-state index in [0.29, 0.717) is 6.42 Å². The molecule has 1 heterocycles. The van der Waals surface area contributed by atoms with Crippen LogP contribution in [0.15, 0.2) is 0 Å². The van der Waals surface area contributed by atoms with Crippen LogP contribution in [-0.2, 0) is 4.79 Å². The highest BCUT2D eigenvalue weighted by molar-refractivity contribution is 5.82. The zero-order valence-electron chi connectivity index (χ0n) is 12.1. The van der Waals surface area contributed by atoms with Gasteiger partial charge in [-0.2, -0.15) is 0 Å². The monoisotopic (exact) mass is 274 g/mol. The molecule has 2 fully saturated rings. The predicted molar refractivity (Wildman–Crippen MR) is 70.1 cm³/mol. The van der Waals surface area contributed by atoms with E-state index in [0.717, 1.165) is 32.5 Å². The van der Waals surface area contributed by atoms with Gasteiger partial charge >= 0.3 is 0 Å². The Hall–Kier alpha value is -0.710. The third kappa shape index (κ3) is 3.25. The van der Waals surface area contributed by atoms with E-state index in [1.807, 2.05) is 6.92 Å². The number of piperidine rings is 1. The highest BCUT2D eigenvalue weighted by atomic mass is 19.3. The van der Waals surface area contributed by atoms with E-state index in [4.69, 9.17) is 0 Å². The van der Waals surface area contributed by atoms with E-state index in [2.05, 4.69) is 4.90 Å². The Morgan fingerprint density at radius 2 is 1.84 bits per heavy atom. The lowest BCUT2D eigenvalue weighted by molar-refractivity contribution is -0.141. The van der Waals surface area contributed by atoms with Crippen LogP contribution in [0, 0.1) is 11.3 Å². The van der Waals surface area contributed by atoms with Crippen molar-refractivity contribution in [1.29, 1.82) is 0 Å². The number of carbonyl (C=O) groups excluding carboxylic acids is 1. The van der Waals surface area contributed by atoms with Gasteiger partial charge in [0.2, 0.25) is 5.91 Å². The largest absolute Gasteiger partial charge is 0.348 e. The van der Waals surface area contributed by atoms with Crippen LogP contribution in [0.1, 0.15) is 32.6 Å². The molecule has 1 saturated carbocycles. The maximum Gasteiger partial charge on any atom is 0.251 e. The second-order valence-corrected chi connectivity index (χ2v) is 6.55. The van der Waals surface area contributed by atoms with E-state index in [1.165, 1.54) is 0 Å². The number of halogens is 2. The van der Waals surface area contributed by atoms with Gasteiger partial charge < -0.3 is 9.80 Å². The van der Waals surface area contributed by atoms with Gasteiger partial charge in [-0.15, -0.1) is 0 Å². The molecule has 0 N–H and O–H groups in total. The lowest BCUT2D eigenvalue weighted by Gasteiger charge is -2.39. The summed E-state index contributed by atoms with van der Waals surface area (Å²) in [4.78, 5) is 16.0. The Balaban J connectivity index is 1.75. The van der Waals surface area contributed by atoms with Crippen LogP contribution < -0.4 is 0 Å². The molecule has 1 amide bonds. The molecular formula is C14H24F2N2O. The summed E-state index contributed by atoms with van der Waals surface area (Å²) in [5, 5.41) is 0. The third-order valence-electron chi connectivity index (χ3n) is 4.63. The topological polar surface area (TPSA) is 23.6 Å². The van der Waals surface area contributed by atoms with Crippen molar-refractivity contribution >= 4 is 5.91 Å². The van der Waals surface area contributed by atoms with Crippen molar-refractivity contribution in [2.24, 2.45) is 11.3 Å². The minimum absolute atomic E-state index is 0.0671. The van der Waals surface area contributed by atoms with Crippen LogP contribution in [0.2, 0.25) is 0 Å². The lowest BCUT2D eigenvalue weighted by Crippen LogP contribution is -2.47. The number of carbonyl (C=O) groups is 1. The molecule has 0 aromatic heterocycles. The van der Waals surface area contributed by atoms with Gasteiger partial charge in [-0.05, 0) is 38.9 Å². The second kappa shape index (κ2) is 5.00. The zero-order chi connectivity index (χ0) is 14.3. The van der Waals surface area contributed by atoms with Crippen LogP contribution in [-0.4, -0.2) is 55.4 Å². The molecule has 110 valence electrons. The van der Waals surface area contributed by atoms with Crippen molar-refractivity contribution in [3.63, 3.8) is 0 Å². The standard InChI is InChI=1S/C14H24F2N2O/c1-13(12(19)17(2)3)5-8-18(9-6-13)7-4-11-10-14(11,15)16/h11H,4-10H2,1-3H3/t11-/m1/s1. The van der Waals surface area contributed by atoms with E-state index in [9.17, 15) is 13.6 Å². The Morgan fingerprint density at radius 3 is 2.26 bits per heavy atom. The molecule has 0 radical (unpaired) electrons. The number of rotatable bonds is 4. The van der Waals surface area contributed by atoms with Crippen LogP contribution in [0.4, 0.5) is 8.78 Å². The van der Waals surface area contributed by atoms with Crippen molar-refractivity contribution in [3.8, 4) is 0 Å². The van der Waals surface area contributed by atoms with E-state index in [-0.39, 0.29) is 17.7 Å². The summed E-state index contributed by atoms with van der Waals surface area (Å²) in [5.41, 5.74) is -0.274. The number of likely N-dealkylation sites (tertiary alicyclic amines) is 1. The first-order valence-electron chi connectivity index (χ1n) is 7.06. The molecule has 1 aliphatic heterocycles. The molecule has 1 saturated heterocycles. The smallest absolute Gasteiger partial charge is 0.251 e. The fourth-order valence-electron chi connectivity index (χ4n) is 2.95. The summed E-state index contributed by atoms with van der Waals surface area (Å²) < 4.78 is 25.6. The van der Waals surface area contributed by atoms with Crippen molar-refractivity contribution < 1.29 is 13.6 Å². The first kappa shape index (κ1) is 14.7. The van der Waals surface area contributed by atoms with Gasteiger partial charge in [0.15, 0.2) is 0 Å². The molecule has 0 aromatic rings. The Bertz CT molecular complexity index is 349. The molecule has 2 rings (SSSR count). The zero-order valence-corrected chi connectivity index (χ0v) is 12.1. The molecule has 19 heavy (non-hydrogen) atoms. The fourth-order valence-corrected chi connectivity index (χ4v) is 2.95. The molecule has 0 unspecified atom stereocenters. The average molecular weight is 274 g/mol. The number of alkyl halides is 2. The molecule has 1 aliphatic carbocycles. The van der Waals surface area contributed by atoms with Gasteiger partial charge in [0.25, 0.3) is 5.92 Å². The summed E-state index contributed by atoms with van der Waals surface area (Å²) in [7, 11) is 3.57. The Labute approximate surface area is 113 Å². The highest BCUT2D eigenvalue weighted by Crippen LogP contribution is 2.50. The molecule has 1 atom stereocenters. The van der Waals surface area contributed by atoms with Crippen LogP contribution >= 0.6 is 0 Å². The molecule has 0 spiro atoms. The normalized spacial score (nSPS) is 29.0. The number of hydrogen-bond donors (Lipinski definition) is 0. The fraction of sp³-hybridized carbons (Fsp3) is 0.929. The van der Waals surface area contributed by atoms with E-state index < -0.39 is 11.8 Å². The summed E-state index contributed by atoms with van der Waals surface area (Å²) in [5.74, 6) is -2.62. The van der Waals surface area contributed by atoms with Gasteiger partial charge in [0.05, 0.1) is 0 Å². The van der Waals surface area contributed by atoms with Gasteiger partial charge in [0, 0.05) is 31.8 Å². The number of nitrogens with zero attached hydrogens (tertiary/aromatic N) is 2. The molecule has 2 aliphatic rings. The first-order chi connectivity index (χ1) is 8.74. The van der Waals surface area contributed by atoms with Crippen molar-refractivity contribution in [3.05, 3.63) is 0 Å². The van der Waals surface area contributed by atoms with Crippen LogP contribution in [0.3, 0.4) is 0 Å². The predicted octanol–water partition coefficient (Wildman–Crippen LogP) is 2.22. The van der Waals surface area contributed by atoms with Crippen LogP contribution in [0.25, 0.3) is 0 Å². The van der Waals surface area contributed by atoms with Gasteiger partial charge in [-0.3, -0.25) is 4.79 Å². The Morgan fingerprint density at radius 1 is 1.32 bits per heavy atom. The third-order valence-corrected chi connectivity index (χ3v) is 4.63. The molecular weight excluding hydrogens is 250 g/mol. The summed E-state index contributed by atoms with van der Waals surface area (Å²) in [6, 6.07) is 0. The summed E-state index contributed by atoms with van der Waals surface area (Å²) >= 11 is 0. The average Bonchev–Trinajstić information content (AvgIpc) is 2.95. The van der Waals surface area contributed by atoms with E-state index in [1.54, 1.807) is 19.0 Å². The molecule has 5 heteroatoms. The minimum atomic E-state index is -2.40. The minimum Gasteiger partial charge on any atom is -0.348 e. The Kier molecular flexibility index (Phi) is 3.87. The molecule has 0 aromatic carbocycles.